The molecule has 8 heteroatoms. The zero-order valence-electron chi connectivity index (χ0n) is 14.1. The lowest BCUT2D eigenvalue weighted by Gasteiger charge is -2.40. The highest BCUT2D eigenvalue weighted by Crippen LogP contribution is 2.32. The SMILES string of the molecule is Cc1nc(C(C)C)sc1C(=O)N1CC[C@H]2[C@H](C1)OCc1cnnn12. The number of ether oxygens (including phenoxy) is 1. The monoisotopic (exact) mass is 347 g/mol. The maximum Gasteiger partial charge on any atom is 0.265 e. The van der Waals surface area contributed by atoms with Gasteiger partial charge in [0.15, 0.2) is 0 Å². The summed E-state index contributed by atoms with van der Waals surface area (Å²) in [5, 5.41) is 9.17. The van der Waals surface area contributed by atoms with Crippen LogP contribution in [0.1, 0.15) is 58.3 Å². The lowest BCUT2D eigenvalue weighted by atomic mass is 10.00. The van der Waals surface area contributed by atoms with Gasteiger partial charge in [0, 0.05) is 19.0 Å². The first kappa shape index (κ1) is 15.7. The van der Waals surface area contributed by atoms with Gasteiger partial charge < -0.3 is 9.64 Å². The number of rotatable bonds is 2. The second-order valence-corrected chi connectivity index (χ2v) is 7.78. The lowest BCUT2D eigenvalue weighted by Crippen LogP contribution is -2.50. The standard InChI is InChI=1S/C16H21N5O2S/c1-9(2)15-18-10(3)14(24-15)16(22)20-5-4-12-13(7-20)23-8-11-6-17-19-21(11)12/h6,9,12-13H,4-5,7-8H2,1-3H3/t12-,13-/m0/s1. The first-order valence-corrected chi connectivity index (χ1v) is 9.13. The molecule has 2 aromatic rings. The molecule has 0 unspecified atom stereocenters. The Morgan fingerprint density at radius 2 is 2.29 bits per heavy atom. The number of nitrogens with zero attached hydrogens (tertiary/aromatic N) is 5. The van der Waals surface area contributed by atoms with Gasteiger partial charge in [0.05, 0.1) is 41.3 Å². The maximum absolute atomic E-state index is 12.9. The third kappa shape index (κ3) is 2.53. The normalized spacial score (nSPS) is 23.2. The summed E-state index contributed by atoms with van der Waals surface area (Å²) in [6.07, 6.45) is 2.57. The maximum atomic E-state index is 12.9. The molecule has 2 atom stereocenters. The third-order valence-corrected chi connectivity index (χ3v) is 6.17. The zero-order chi connectivity index (χ0) is 16.8. The van der Waals surface area contributed by atoms with E-state index in [-0.39, 0.29) is 18.1 Å². The van der Waals surface area contributed by atoms with E-state index in [9.17, 15) is 4.79 Å². The predicted molar refractivity (Wildman–Crippen MR) is 89.1 cm³/mol. The molecule has 24 heavy (non-hydrogen) atoms. The summed E-state index contributed by atoms with van der Waals surface area (Å²) in [5.41, 5.74) is 1.84. The molecule has 2 aromatic heterocycles. The highest BCUT2D eigenvalue weighted by molar-refractivity contribution is 7.13. The highest BCUT2D eigenvalue weighted by atomic mass is 32.1. The van der Waals surface area contributed by atoms with E-state index in [4.69, 9.17) is 4.74 Å². The number of fused-ring (bicyclic) bond motifs is 3. The van der Waals surface area contributed by atoms with Crippen LogP contribution < -0.4 is 0 Å². The second kappa shape index (κ2) is 5.93. The zero-order valence-corrected chi connectivity index (χ0v) is 14.9. The van der Waals surface area contributed by atoms with Gasteiger partial charge in [-0.15, -0.1) is 16.4 Å². The Labute approximate surface area is 144 Å². The van der Waals surface area contributed by atoms with Crippen molar-refractivity contribution in [2.75, 3.05) is 13.1 Å². The van der Waals surface area contributed by atoms with Crippen molar-refractivity contribution in [2.24, 2.45) is 0 Å². The molecule has 0 saturated carbocycles. The Hall–Kier alpha value is -1.80. The van der Waals surface area contributed by atoms with Gasteiger partial charge >= 0.3 is 0 Å². The summed E-state index contributed by atoms with van der Waals surface area (Å²) < 4.78 is 7.91. The molecule has 1 saturated heterocycles. The fourth-order valence-electron chi connectivity index (χ4n) is 3.38. The molecule has 4 heterocycles. The van der Waals surface area contributed by atoms with Gasteiger partial charge in [0.2, 0.25) is 0 Å². The number of amides is 1. The Morgan fingerprint density at radius 3 is 3.04 bits per heavy atom. The number of aryl methyl sites for hydroxylation is 1. The van der Waals surface area contributed by atoms with Crippen LogP contribution in [0.15, 0.2) is 6.20 Å². The molecule has 0 aromatic carbocycles. The molecule has 0 radical (unpaired) electrons. The minimum Gasteiger partial charge on any atom is -0.368 e. The van der Waals surface area contributed by atoms with Crippen LogP contribution in [0, 0.1) is 6.92 Å². The highest BCUT2D eigenvalue weighted by Gasteiger charge is 2.38. The van der Waals surface area contributed by atoms with E-state index in [1.165, 1.54) is 11.3 Å². The quantitative estimate of drug-likeness (QED) is 0.832. The molecular formula is C16H21N5O2S. The average Bonchev–Trinajstić information content (AvgIpc) is 3.20. The van der Waals surface area contributed by atoms with Gasteiger partial charge in [-0.1, -0.05) is 19.1 Å². The van der Waals surface area contributed by atoms with Gasteiger partial charge in [-0.2, -0.15) is 0 Å². The molecular weight excluding hydrogens is 326 g/mol. The molecule has 128 valence electrons. The van der Waals surface area contributed by atoms with E-state index in [0.717, 1.165) is 27.7 Å². The number of thiazole rings is 1. The van der Waals surface area contributed by atoms with Gasteiger partial charge in [-0.3, -0.25) is 4.79 Å². The number of carbonyl (C=O) groups excluding carboxylic acids is 1. The number of aromatic nitrogens is 4. The summed E-state index contributed by atoms with van der Waals surface area (Å²) >= 11 is 1.52. The fraction of sp³-hybridized carbons (Fsp3) is 0.625. The van der Waals surface area contributed by atoms with E-state index in [2.05, 4.69) is 29.1 Å². The van der Waals surface area contributed by atoms with Gasteiger partial charge in [-0.05, 0) is 13.3 Å². The van der Waals surface area contributed by atoms with E-state index < -0.39 is 0 Å². The fourth-order valence-corrected chi connectivity index (χ4v) is 4.42. The van der Waals surface area contributed by atoms with Crippen LogP contribution in [-0.2, 0) is 11.3 Å². The van der Waals surface area contributed by atoms with Crippen molar-refractivity contribution >= 4 is 17.2 Å². The van der Waals surface area contributed by atoms with Crippen LogP contribution in [0.25, 0.3) is 0 Å². The first-order valence-electron chi connectivity index (χ1n) is 8.32. The van der Waals surface area contributed by atoms with Crippen molar-refractivity contribution in [3.05, 3.63) is 27.5 Å². The van der Waals surface area contributed by atoms with Crippen LogP contribution >= 0.6 is 11.3 Å². The van der Waals surface area contributed by atoms with Crippen LogP contribution in [-0.4, -0.2) is 50.0 Å². The van der Waals surface area contributed by atoms with Crippen molar-refractivity contribution < 1.29 is 9.53 Å². The Bertz CT molecular complexity index is 768. The number of piperidine rings is 1. The number of hydrogen-bond acceptors (Lipinski definition) is 6. The van der Waals surface area contributed by atoms with Crippen molar-refractivity contribution in [3.8, 4) is 0 Å². The molecule has 0 aliphatic carbocycles. The van der Waals surface area contributed by atoms with E-state index in [0.29, 0.717) is 25.6 Å². The van der Waals surface area contributed by atoms with Crippen molar-refractivity contribution in [1.29, 1.82) is 0 Å². The molecule has 0 bridgehead atoms. The lowest BCUT2D eigenvalue weighted by molar-refractivity contribution is -0.0627. The molecule has 1 amide bonds. The molecule has 0 N–H and O–H groups in total. The third-order valence-electron chi connectivity index (χ3n) is 4.72. The van der Waals surface area contributed by atoms with Crippen LogP contribution in [0.4, 0.5) is 0 Å². The molecule has 1 fully saturated rings. The summed E-state index contributed by atoms with van der Waals surface area (Å²) in [6.45, 7) is 7.93. The molecule has 4 rings (SSSR count). The van der Waals surface area contributed by atoms with E-state index in [1.54, 1.807) is 6.20 Å². The van der Waals surface area contributed by atoms with Gasteiger partial charge in [0.25, 0.3) is 5.91 Å². The molecule has 2 aliphatic rings. The molecule has 2 aliphatic heterocycles. The largest absolute Gasteiger partial charge is 0.368 e. The summed E-state index contributed by atoms with van der Waals surface area (Å²) in [6, 6.07) is 0.175. The van der Waals surface area contributed by atoms with Crippen molar-refractivity contribution in [2.45, 2.75) is 51.9 Å². The van der Waals surface area contributed by atoms with Crippen molar-refractivity contribution in [3.63, 3.8) is 0 Å². The van der Waals surface area contributed by atoms with Crippen LogP contribution in [0.2, 0.25) is 0 Å². The number of hydrogen-bond donors (Lipinski definition) is 0. The second-order valence-electron chi connectivity index (χ2n) is 6.75. The van der Waals surface area contributed by atoms with Gasteiger partial charge in [0.1, 0.15) is 4.88 Å². The first-order chi connectivity index (χ1) is 11.5. The summed E-state index contributed by atoms with van der Waals surface area (Å²) in [7, 11) is 0. The Kier molecular flexibility index (Phi) is 3.88. The smallest absolute Gasteiger partial charge is 0.265 e. The predicted octanol–water partition coefficient (Wildman–Crippen LogP) is 2.15. The van der Waals surface area contributed by atoms with E-state index >= 15 is 0 Å². The number of likely N-dealkylation sites (tertiary alicyclic amines) is 1. The van der Waals surface area contributed by atoms with Crippen molar-refractivity contribution in [1.82, 2.24) is 24.9 Å². The number of carbonyl (C=O) groups is 1. The topological polar surface area (TPSA) is 73.1 Å². The minimum absolute atomic E-state index is 0.0188. The van der Waals surface area contributed by atoms with Crippen LogP contribution in [0.5, 0.6) is 0 Å². The van der Waals surface area contributed by atoms with E-state index in [1.807, 2.05) is 16.5 Å². The molecule has 0 spiro atoms. The average molecular weight is 347 g/mol. The minimum atomic E-state index is -0.0188. The summed E-state index contributed by atoms with van der Waals surface area (Å²) in [5.74, 6) is 0.414. The Balaban J connectivity index is 1.52. The molecule has 7 nitrogen and oxygen atoms in total. The van der Waals surface area contributed by atoms with Crippen LogP contribution in [0.3, 0.4) is 0 Å². The Morgan fingerprint density at radius 1 is 1.46 bits per heavy atom. The summed E-state index contributed by atoms with van der Waals surface area (Å²) in [4.78, 5) is 20.1. The van der Waals surface area contributed by atoms with Gasteiger partial charge in [-0.25, -0.2) is 9.67 Å².